The maximum atomic E-state index is 13.8. The summed E-state index contributed by atoms with van der Waals surface area (Å²) < 4.78 is 18.5. The quantitative estimate of drug-likeness (QED) is 0.674. The largest absolute Gasteiger partial charge is 0.462 e. The molecule has 0 fully saturated rings. The van der Waals surface area contributed by atoms with Crippen LogP contribution < -0.4 is 5.32 Å². The molecule has 1 aromatic rings. The van der Waals surface area contributed by atoms with E-state index in [9.17, 15) is 14.0 Å². The standard InChI is InChI=1S/C11H9ClFN3O3/c1-2-19-11(18)6-5-15-10(12)8(13)9(6)16-7(17)3-4-14/h5H,2-3H2,1H3,(H,15,16,17). The third kappa shape index (κ3) is 3.63. The van der Waals surface area contributed by atoms with Gasteiger partial charge in [-0.3, -0.25) is 4.79 Å². The summed E-state index contributed by atoms with van der Waals surface area (Å²) in [5.74, 6) is -2.68. The van der Waals surface area contributed by atoms with E-state index in [2.05, 4.69) is 10.3 Å². The maximum Gasteiger partial charge on any atom is 0.341 e. The van der Waals surface area contributed by atoms with Crippen molar-refractivity contribution in [2.75, 3.05) is 11.9 Å². The number of aromatic nitrogens is 1. The number of hydrogen-bond donors (Lipinski definition) is 1. The van der Waals surface area contributed by atoms with Gasteiger partial charge < -0.3 is 10.1 Å². The van der Waals surface area contributed by atoms with Gasteiger partial charge in [-0.2, -0.15) is 5.26 Å². The summed E-state index contributed by atoms with van der Waals surface area (Å²) in [6, 6.07) is 1.60. The van der Waals surface area contributed by atoms with Gasteiger partial charge in [0, 0.05) is 6.20 Å². The average molecular weight is 286 g/mol. The van der Waals surface area contributed by atoms with Crippen molar-refractivity contribution in [1.82, 2.24) is 4.98 Å². The van der Waals surface area contributed by atoms with Crippen molar-refractivity contribution in [3.05, 3.63) is 22.7 Å². The summed E-state index contributed by atoms with van der Waals surface area (Å²) in [6.07, 6.45) is 0.507. The Morgan fingerprint density at radius 1 is 1.63 bits per heavy atom. The van der Waals surface area contributed by atoms with Crippen LogP contribution in [0.15, 0.2) is 6.20 Å². The van der Waals surface area contributed by atoms with Crippen LogP contribution >= 0.6 is 11.6 Å². The SMILES string of the molecule is CCOC(=O)c1cnc(Cl)c(F)c1NC(=O)CC#N. The van der Waals surface area contributed by atoms with Crippen LogP contribution in [0.2, 0.25) is 5.15 Å². The van der Waals surface area contributed by atoms with Crippen molar-refractivity contribution in [3.8, 4) is 6.07 Å². The third-order valence-electron chi connectivity index (χ3n) is 1.98. The fraction of sp³-hybridized carbons (Fsp3) is 0.273. The Morgan fingerprint density at radius 3 is 2.89 bits per heavy atom. The molecule has 0 radical (unpaired) electrons. The number of hydrogen-bond acceptors (Lipinski definition) is 5. The Kier molecular flexibility index (Phi) is 5.21. The van der Waals surface area contributed by atoms with E-state index in [1.807, 2.05) is 0 Å². The highest BCUT2D eigenvalue weighted by molar-refractivity contribution is 6.30. The van der Waals surface area contributed by atoms with Crippen LogP contribution in [0.1, 0.15) is 23.7 Å². The van der Waals surface area contributed by atoms with Crippen molar-refractivity contribution in [3.63, 3.8) is 0 Å². The van der Waals surface area contributed by atoms with Gasteiger partial charge in [0.05, 0.1) is 18.4 Å². The van der Waals surface area contributed by atoms with Crippen molar-refractivity contribution < 1.29 is 18.7 Å². The number of nitrogens with zero attached hydrogens (tertiary/aromatic N) is 2. The summed E-state index contributed by atoms with van der Waals surface area (Å²) in [6.45, 7) is 1.65. The second kappa shape index (κ2) is 6.66. The monoisotopic (exact) mass is 285 g/mol. The van der Waals surface area contributed by atoms with Crippen LogP contribution in [-0.4, -0.2) is 23.5 Å². The molecular weight excluding hydrogens is 277 g/mol. The van der Waals surface area contributed by atoms with E-state index in [1.165, 1.54) is 0 Å². The highest BCUT2D eigenvalue weighted by atomic mass is 35.5. The van der Waals surface area contributed by atoms with E-state index >= 15 is 0 Å². The van der Waals surface area contributed by atoms with Gasteiger partial charge in [-0.05, 0) is 6.92 Å². The van der Waals surface area contributed by atoms with E-state index in [0.29, 0.717) is 0 Å². The molecule has 1 aromatic heterocycles. The minimum Gasteiger partial charge on any atom is -0.462 e. The molecule has 19 heavy (non-hydrogen) atoms. The Hall–Kier alpha value is -2.20. The van der Waals surface area contributed by atoms with Crippen LogP contribution in [0.25, 0.3) is 0 Å². The number of esters is 1. The first kappa shape index (κ1) is 14.9. The molecular formula is C11H9ClFN3O3. The summed E-state index contributed by atoms with van der Waals surface area (Å²) in [5.41, 5.74) is -0.714. The summed E-state index contributed by atoms with van der Waals surface area (Å²) >= 11 is 5.47. The Balaban J connectivity index is 3.18. The Morgan fingerprint density at radius 2 is 2.32 bits per heavy atom. The molecule has 0 atom stereocenters. The highest BCUT2D eigenvalue weighted by Gasteiger charge is 2.21. The van der Waals surface area contributed by atoms with Gasteiger partial charge in [0.2, 0.25) is 5.91 Å². The number of carbonyl (C=O) groups excluding carboxylic acids is 2. The molecule has 6 nitrogen and oxygen atoms in total. The second-order valence-corrected chi connectivity index (χ2v) is 3.61. The van der Waals surface area contributed by atoms with Gasteiger partial charge in [-0.15, -0.1) is 0 Å². The number of anilines is 1. The molecule has 8 heteroatoms. The lowest BCUT2D eigenvalue weighted by Crippen LogP contribution is -2.17. The molecule has 0 aliphatic heterocycles. The first-order valence-electron chi connectivity index (χ1n) is 5.19. The topological polar surface area (TPSA) is 92.1 Å². The number of rotatable bonds is 4. The number of pyridine rings is 1. The van der Waals surface area contributed by atoms with Gasteiger partial charge in [-0.25, -0.2) is 14.2 Å². The first-order valence-corrected chi connectivity index (χ1v) is 5.57. The first-order chi connectivity index (χ1) is 9.01. The zero-order chi connectivity index (χ0) is 14.4. The van der Waals surface area contributed by atoms with Gasteiger partial charge in [-0.1, -0.05) is 11.6 Å². The molecule has 0 aliphatic carbocycles. The van der Waals surface area contributed by atoms with Crippen LogP contribution in [0, 0.1) is 17.1 Å². The fourth-order valence-corrected chi connectivity index (χ4v) is 1.35. The molecule has 0 saturated carbocycles. The van der Waals surface area contributed by atoms with Crippen LogP contribution in [0.5, 0.6) is 0 Å². The summed E-state index contributed by atoms with van der Waals surface area (Å²) in [7, 11) is 0. The number of ether oxygens (including phenoxy) is 1. The molecule has 0 aromatic carbocycles. The lowest BCUT2D eigenvalue weighted by atomic mass is 10.2. The number of nitriles is 1. The van der Waals surface area contributed by atoms with Gasteiger partial charge in [0.15, 0.2) is 11.0 Å². The Bertz CT molecular complexity index is 557. The minimum atomic E-state index is -1.06. The van der Waals surface area contributed by atoms with Gasteiger partial charge in [0.1, 0.15) is 12.0 Å². The molecule has 1 heterocycles. The summed E-state index contributed by atoms with van der Waals surface area (Å²) in [4.78, 5) is 26.3. The number of amides is 1. The molecule has 0 bridgehead atoms. The highest BCUT2D eigenvalue weighted by Crippen LogP contribution is 2.25. The van der Waals surface area contributed by atoms with Crippen molar-refractivity contribution in [2.45, 2.75) is 13.3 Å². The van der Waals surface area contributed by atoms with Crippen LogP contribution in [0.4, 0.5) is 10.1 Å². The van der Waals surface area contributed by atoms with E-state index in [1.54, 1.807) is 13.0 Å². The molecule has 0 spiro atoms. The Labute approximate surface area is 113 Å². The van der Waals surface area contributed by atoms with Crippen molar-refractivity contribution in [2.24, 2.45) is 0 Å². The zero-order valence-corrected chi connectivity index (χ0v) is 10.6. The van der Waals surface area contributed by atoms with Gasteiger partial charge in [0.25, 0.3) is 0 Å². The van der Waals surface area contributed by atoms with Crippen molar-refractivity contribution in [1.29, 1.82) is 5.26 Å². The second-order valence-electron chi connectivity index (χ2n) is 3.26. The normalized spacial score (nSPS) is 9.58. The van der Waals surface area contributed by atoms with Crippen molar-refractivity contribution >= 4 is 29.2 Å². The lowest BCUT2D eigenvalue weighted by molar-refractivity contribution is -0.115. The molecule has 1 rings (SSSR count). The number of halogens is 2. The molecule has 0 aliphatic rings. The molecule has 100 valence electrons. The minimum absolute atomic E-state index is 0.0780. The predicted octanol–water partition coefficient (Wildman–Crippen LogP) is 1.90. The van der Waals surface area contributed by atoms with Gasteiger partial charge >= 0.3 is 5.97 Å². The van der Waals surface area contributed by atoms with Crippen LogP contribution in [0.3, 0.4) is 0 Å². The predicted molar refractivity (Wildman–Crippen MR) is 64.0 cm³/mol. The van der Waals surface area contributed by atoms with E-state index in [0.717, 1.165) is 6.20 Å². The molecule has 1 N–H and O–H groups in total. The van der Waals surface area contributed by atoms with E-state index < -0.39 is 35.0 Å². The fourth-order valence-electron chi connectivity index (χ4n) is 1.21. The number of carbonyl (C=O) groups is 2. The number of nitrogens with one attached hydrogen (secondary N) is 1. The zero-order valence-electron chi connectivity index (χ0n) is 9.87. The average Bonchev–Trinajstić information content (AvgIpc) is 2.35. The smallest absolute Gasteiger partial charge is 0.341 e. The van der Waals surface area contributed by atoms with E-state index in [4.69, 9.17) is 21.6 Å². The van der Waals surface area contributed by atoms with E-state index in [-0.39, 0.29) is 12.2 Å². The summed E-state index contributed by atoms with van der Waals surface area (Å²) in [5, 5.41) is 9.97. The lowest BCUT2D eigenvalue weighted by Gasteiger charge is -2.10. The molecule has 0 saturated heterocycles. The van der Waals surface area contributed by atoms with Crippen LogP contribution in [-0.2, 0) is 9.53 Å². The molecule has 0 unspecified atom stereocenters. The molecule has 1 amide bonds. The third-order valence-corrected chi connectivity index (χ3v) is 2.24. The maximum absolute atomic E-state index is 13.8.